The number of carbonyl (C=O) groups excluding carboxylic acids is 3. The monoisotopic (exact) mass is 616 g/mol. The predicted octanol–water partition coefficient (Wildman–Crippen LogP) is 4.45. The maximum Gasteiger partial charge on any atom is 0.329 e. The average Bonchev–Trinajstić information content (AvgIpc) is 3.12. The molecule has 1 aliphatic heterocycles. The van der Waals surface area contributed by atoms with Crippen LogP contribution in [0.15, 0.2) is 72.4 Å². The Balaban J connectivity index is 1.40. The minimum atomic E-state index is -0.772. The van der Waals surface area contributed by atoms with Crippen LogP contribution in [-0.2, 0) is 16.2 Å². The molecule has 12 heteroatoms. The van der Waals surface area contributed by atoms with Crippen molar-refractivity contribution < 1.29 is 28.4 Å². The minimum Gasteiger partial charge on any atom is -0.488 e. The number of nitro groups is 1. The number of nitrogens with zero attached hydrogens (tertiary/aromatic N) is 2. The van der Waals surface area contributed by atoms with Crippen molar-refractivity contribution in [1.29, 1.82) is 0 Å². The Kier molecular flexibility index (Phi) is 7.77. The van der Waals surface area contributed by atoms with Gasteiger partial charge in [0.15, 0.2) is 0 Å². The Morgan fingerprint density at radius 1 is 1.14 bits per heavy atom. The van der Waals surface area contributed by atoms with Crippen LogP contribution in [0.3, 0.4) is 0 Å². The van der Waals surface area contributed by atoms with Gasteiger partial charge in [0.2, 0.25) is 5.91 Å². The van der Waals surface area contributed by atoms with E-state index in [9.17, 15) is 28.9 Å². The third-order valence-corrected chi connectivity index (χ3v) is 6.04. The number of hydrogen-bond donors (Lipinski definition) is 2. The molecule has 0 bridgehead atoms. The van der Waals surface area contributed by atoms with Crippen LogP contribution in [0.5, 0.6) is 5.75 Å². The van der Waals surface area contributed by atoms with Gasteiger partial charge in [0.05, 0.1) is 14.2 Å². The third-order valence-electron chi connectivity index (χ3n) is 5.19. The lowest BCUT2D eigenvalue weighted by molar-refractivity contribution is -0.384. The molecule has 0 saturated carbocycles. The number of ether oxygens (including phenoxy) is 1. The quantitative estimate of drug-likeness (QED) is 0.127. The van der Waals surface area contributed by atoms with E-state index in [1.807, 2.05) is 22.6 Å². The van der Waals surface area contributed by atoms with Crippen molar-refractivity contribution in [2.45, 2.75) is 6.61 Å². The molecule has 0 aliphatic carbocycles. The standard InChI is InChI=1S/C25H18FIN4O6/c26-18-6-1-2-7-20(18)28-23(32)13-30-24(33)21(29-25(30)34)12-15-8-9-22(19(27)11-15)37-14-16-4-3-5-17(10-16)31(35)36/h1-12H,13-14H2,(H,28,32)(H,29,34)/b21-12+. The number of urea groups is 1. The number of nitrogens with one attached hydrogen (secondary N) is 2. The Bertz CT molecular complexity index is 1440. The van der Waals surface area contributed by atoms with E-state index in [4.69, 9.17) is 4.74 Å². The van der Waals surface area contributed by atoms with Gasteiger partial charge in [0.25, 0.3) is 11.6 Å². The van der Waals surface area contributed by atoms with Crippen LogP contribution in [0.1, 0.15) is 11.1 Å². The second kappa shape index (κ2) is 11.2. The number of benzene rings is 3. The first-order chi connectivity index (χ1) is 17.7. The zero-order valence-electron chi connectivity index (χ0n) is 18.9. The molecule has 1 saturated heterocycles. The van der Waals surface area contributed by atoms with E-state index in [1.165, 1.54) is 36.4 Å². The van der Waals surface area contributed by atoms with Crippen molar-refractivity contribution in [2.75, 3.05) is 11.9 Å². The highest BCUT2D eigenvalue weighted by molar-refractivity contribution is 14.1. The van der Waals surface area contributed by atoms with Gasteiger partial charge in [-0.3, -0.25) is 19.7 Å². The van der Waals surface area contributed by atoms with Crippen molar-refractivity contribution in [3.8, 4) is 5.75 Å². The molecule has 3 aromatic rings. The molecule has 37 heavy (non-hydrogen) atoms. The molecule has 1 aliphatic rings. The van der Waals surface area contributed by atoms with E-state index in [0.717, 1.165) is 4.90 Å². The summed E-state index contributed by atoms with van der Waals surface area (Å²) in [4.78, 5) is 48.4. The second-order valence-electron chi connectivity index (χ2n) is 7.81. The molecule has 2 N–H and O–H groups in total. The topological polar surface area (TPSA) is 131 Å². The van der Waals surface area contributed by atoms with Crippen molar-refractivity contribution in [2.24, 2.45) is 0 Å². The molecular formula is C25H18FIN4O6. The van der Waals surface area contributed by atoms with E-state index in [2.05, 4.69) is 10.6 Å². The third kappa shape index (κ3) is 6.27. The van der Waals surface area contributed by atoms with Crippen LogP contribution in [0.2, 0.25) is 0 Å². The van der Waals surface area contributed by atoms with Crippen molar-refractivity contribution in [1.82, 2.24) is 10.2 Å². The number of imide groups is 1. The molecule has 1 heterocycles. The highest BCUT2D eigenvalue weighted by atomic mass is 127. The van der Waals surface area contributed by atoms with Crippen LogP contribution >= 0.6 is 22.6 Å². The van der Waals surface area contributed by atoms with E-state index in [1.54, 1.807) is 36.4 Å². The Morgan fingerprint density at radius 2 is 1.92 bits per heavy atom. The lowest BCUT2D eigenvalue weighted by Crippen LogP contribution is -2.38. The predicted molar refractivity (Wildman–Crippen MR) is 140 cm³/mol. The zero-order chi connectivity index (χ0) is 26.5. The Labute approximate surface area is 223 Å². The van der Waals surface area contributed by atoms with Crippen LogP contribution in [0.25, 0.3) is 6.08 Å². The maximum absolute atomic E-state index is 13.7. The second-order valence-corrected chi connectivity index (χ2v) is 8.98. The average molecular weight is 616 g/mol. The first-order valence-electron chi connectivity index (χ1n) is 10.8. The smallest absolute Gasteiger partial charge is 0.329 e. The number of non-ortho nitro benzene ring substituents is 1. The number of carbonyl (C=O) groups is 3. The van der Waals surface area contributed by atoms with Crippen molar-refractivity contribution >= 4 is 57.9 Å². The SMILES string of the molecule is O=C(CN1C(=O)N/C(=C/c2ccc(OCc3cccc([N+](=O)[O-])c3)c(I)c2)C1=O)Nc1ccccc1F. The molecule has 188 valence electrons. The summed E-state index contributed by atoms with van der Waals surface area (Å²) < 4.78 is 20.2. The summed E-state index contributed by atoms with van der Waals surface area (Å²) in [6.07, 6.45) is 1.46. The van der Waals surface area contributed by atoms with E-state index in [0.29, 0.717) is 20.4 Å². The van der Waals surface area contributed by atoms with Crippen molar-refractivity contribution in [3.63, 3.8) is 0 Å². The molecular weight excluding hydrogens is 598 g/mol. The Morgan fingerprint density at radius 3 is 2.65 bits per heavy atom. The van der Waals surface area contributed by atoms with Crippen LogP contribution < -0.4 is 15.4 Å². The highest BCUT2D eigenvalue weighted by Gasteiger charge is 2.35. The normalized spacial score (nSPS) is 14.0. The van der Waals surface area contributed by atoms with Gasteiger partial charge in [-0.2, -0.15) is 0 Å². The fourth-order valence-electron chi connectivity index (χ4n) is 3.42. The van der Waals surface area contributed by atoms with Gasteiger partial charge in [-0.1, -0.05) is 30.3 Å². The van der Waals surface area contributed by atoms with Gasteiger partial charge in [-0.05, 0) is 64.1 Å². The van der Waals surface area contributed by atoms with E-state index < -0.39 is 35.1 Å². The number of anilines is 1. The number of hydrogen-bond acceptors (Lipinski definition) is 6. The van der Waals surface area contributed by atoms with Gasteiger partial charge in [0.1, 0.15) is 30.4 Å². The number of amides is 4. The Hall–Kier alpha value is -4.33. The maximum atomic E-state index is 13.7. The lowest BCUT2D eigenvalue weighted by atomic mass is 10.2. The van der Waals surface area contributed by atoms with Crippen LogP contribution in [-0.4, -0.2) is 34.2 Å². The lowest BCUT2D eigenvalue weighted by Gasteiger charge is -2.12. The van der Waals surface area contributed by atoms with Crippen LogP contribution in [0, 0.1) is 19.5 Å². The molecule has 0 atom stereocenters. The van der Waals surface area contributed by atoms with Gasteiger partial charge >= 0.3 is 6.03 Å². The first kappa shape index (κ1) is 25.8. The summed E-state index contributed by atoms with van der Waals surface area (Å²) in [7, 11) is 0. The molecule has 0 unspecified atom stereocenters. The van der Waals surface area contributed by atoms with Crippen LogP contribution in [0.4, 0.5) is 20.6 Å². The fourth-order valence-corrected chi connectivity index (χ4v) is 4.12. The van der Waals surface area contributed by atoms with Gasteiger partial charge in [-0.25, -0.2) is 14.1 Å². The molecule has 4 rings (SSSR count). The number of para-hydroxylation sites is 1. The summed E-state index contributed by atoms with van der Waals surface area (Å²) >= 11 is 2.05. The molecule has 1 fully saturated rings. The first-order valence-corrected chi connectivity index (χ1v) is 11.8. The molecule has 0 radical (unpaired) electrons. The summed E-state index contributed by atoms with van der Waals surface area (Å²) in [6.45, 7) is -0.463. The zero-order valence-corrected chi connectivity index (χ0v) is 21.1. The summed E-state index contributed by atoms with van der Waals surface area (Å²) in [5.41, 5.74) is 1.12. The minimum absolute atomic E-state index is 0.0234. The number of halogens is 2. The molecule has 0 spiro atoms. The van der Waals surface area contributed by atoms with E-state index in [-0.39, 0.29) is 23.7 Å². The molecule has 10 nitrogen and oxygen atoms in total. The van der Waals surface area contributed by atoms with Gasteiger partial charge < -0.3 is 15.4 Å². The number of rotatable bonds is 8. The molecule has 3 aromatic carbocycles. The van der Waals surface area contributed by atoms with Crippen molar-refractivity contribution in [3.05, 3.63) is 103 Å². The summed E-state index contributed by atoms with van der Waals surface area (Å²) in [5, 5.41) is 15.7. The molecule has 4 amide bonds. The van der Waals surface area contributed by atoms with Gasteiger partial charge in [-0.15, -0.1) is 0 Å². The van der Waals surface area contributed by atoms with Gasteiger partial charge in [0, 0.05) is 12.1 Å². The molecule has 0 aromatic heterocycles. The van der Waals surface area contributed by atoms with E-state index >= 15 is 0 Å². The fraction of sp³-hybridized carbons (Fsp3) is 0.0800. The highest BCUT2D eigenvalue weighted by Crippen LogP contribution is 2.25. The summed E-state index contributed by atoms with van der Waals surface area (Å²) in [6, 6.07) is 16.0. The summed E-state index contributed by atoms with van der Waals surface area (Å²) in [5.74, 6) is -1.53. The number of nitro benzene ring substituents is 1. The largest absolute Gasteiger partial charge is 0.488 e.